The molecule has 0 fully saturated rings. The van der Waals surface area contributed by atoms with Crippen molar-refractivity contribution >= 4 is 0 Å². The molecule has 0 aliphatic rings. The highest BCUT2D eigenvalue weighted by molar-refractivity contribution is 5.18. The summed E-state index contributed by atoms with van der Waals surface area (Å²) in [5.41, 5.74) is -16.2. The van der Waals surface area contributed by atoms with E-state index in [1.807, 2.05) is 4.74 Å². The number of hydrogen-bond donors (Lipinski definition) is 0. The van der Waals surface area contributed by atoms with Crippen molar-refractivity contribution < 1.29 is 75.0 Å². The van der Waals surface area contributed by atoms with Crippen molar-refractivity contribution in [3.8, 4) is 0 Å². The molecule has 0 bridgehead atoms. The number of rotatable bonds is 3. The van der Waals surface area contributed by atoms with Crippen molar-refractivity contribution in [3.05, 3.63) is 0 Å². The van der Waals surface area contributed by atoms with E-state index in [4.69, 9.17) is 0 Å². The molecular weight excluding hydrogens is 416 g/mol. The van der Waals surface area contributed by atoms with Crippen LogP contribution in [0.25, 0.3) is 0 Å². The Morgan fingerprint density at radius 1 is 0.440 bits per heavy atom. The molecule has 17 heteroatoms. The summed E-state index contributed by atoms with van der Waals surface area (Å²) in [6.45, 7) is -3.91. The van der Waals surface area contributed by atoms with Gasteiger partial charge in [-0.1, -0.05) is 0 Å². The third-order valence-corrected chi connectivity index (χ3v) is 2.52. The molecule has 0 amide bonds. The van der Waals surface area contributed by atoms with E-state index in [-0.39, 0.29) is 0 Å². The summed E-state index contributed by atoms with van der Waals surface area (Å²) >= 11 is 0. The molecule has 0 radical (unpaired) electrons. The van der Waals surface area contributed by atoms with Gasteiger partial charge in [0, 0.05) is 0 Å². The molecule has 0 aromatic rings. The largest absolute Gasteiger partial charge is 0.435 e. The minimum absolute atomic E-state index is 1.95. The zero-order valence-electron chi connectivity index (χ0n) is 10.7. The summed E-state index contributed by atoms with van der Waals surface area (Å²) in [5, 5.41) is 0. The van der Waals surface area contributed by atoms with Gasteiger partial charge in [-0.3, -0.25) is 0 Å². The number of halogens is 16. The standard InChI is InChI=1S/C8H2F16O/c9-2(10,11)1-25-4(7(19,20)21,8(22,23)24)3(12,5(13,14)15)6(16,17)18/h1H2. The molecule has 0 unspecified atom stereocenters. The Morgan fingerprint density at radius 2 is 0.720 bits per heavy atom. The van der Waals surface area contributed by atoms with Gasteiger partial charge in [-0.15, -0.1) is 0 Å². The van der Waals surface area contributed by atoms with Gasteiger partial charge in [-0.2, -0.15) is 65.9 Å². The Hall–Kier alpha value is -1.16. The van der Waals surface area contributed by atoms with Crippen LogP contribution in [0.3, 0.4) is 0 Å². The number of ether oxygens (including phenoxy) is 1. The maximum absolute atomic E-state index is 13.5. The molecule has 0 spiro atoms. The monoisotopic (exact) mass is 418 g/mol. The zero-order valence-corrected chi connectivity index (χ0v) is 10.7. The van der Waals surface area contributed by atoms with Crippen LogP contribution in [0.5, 0.6) is 0 Å². The fraction of sp³-hybridized carbons (Fsp3) is 1.00. The van der Waals surface area contributed by atoms with E-state index < -0.39 is 48.8 Å². The Balaban J connectivity index is 7.05. The van der Waals surface area contributed by atoms with Gasteiger partial charge in [0.2, 0.25) is 0 Å². The van der Waals surface area contributed by atoms with Gasteiger partial charge in [0.25, 0.3) is 0 Å². The first-order chi connectivity index (χ1) is 10.5. The minimum atomic E-state index is -8.30. The molecule has 0 N–H and O–H groups in total. The van der Waals surface area contributed by atoms with Crippen molar-refractivity contribution in [1.82, 2.24) is 0 Å². The van der Waals surface area contributed by atoms with Crippen LogP contribution in [0.4, 0.5) is 70.2 Å². The van der Waals surface area contributed by atoms with E-state index in [9.17, 15) is 70.2 Å². The van der Waals surface area contributed by atoms with Crippen LogP contribution < -0.4 is 0 Å². The van der Waals surface area contributed by atoms with Crippen molar-refractivity contribution in [3.63, 3.8) is 0 Å². The Kier molecular flexibility index (Phi) is 5.66. The fourth-order valence-corrected chi connectivity index (χ4v) is 1.56. The summed E-state index contributed by atoms with van der Waals surface area (Å²) in [5.74, 6) is 0. The molecule has 0 rings (SSSR count). The molecule has 0 aromatic carbocycles. The maximum Gasteiger partial charge on any atom is 0.435 e. The highest BCUT2D eigenvalue weighted by Crippen LogP contribution is 2.63. The molecular formula is C8H2F16O. The lowest BCUT2D eigenvalue weighted by atomic mass is 9.80. The smallest absolute Gasteiger partial charge is 0.345 e. The first kappa shape index (κ1) is 23.8. The average Bonchev–Trinajstić information content (AvgIpc) is 2.20. The first-order valence-electron chi connectivity index (χ1n) is 5.12. The first-order valence-corrected chi connectivity index (χ1v) is 5.12. The summed E-state index contributed by atoms with van der Waals surface area (Å²) < 4.78 is 200. The highest BCUT2D eigenvalue weighted by atomic mass is 19.4. The molecule has 0 aromatic heterocycles. The fourth-order valence-electron chi connectivity index (χ4n) is 1.56. The van der Waals surface area contributed by atoms with E-state index in [0.717, 1.165) is 0 Å². The van der Waals surface area contributed by atoms with Crippen LogP contribution in [0.1, 0.15) is 0 Å². The lowest BCUT2D eigenvalue weighted by Gasteiger charge is -2.46. The normalized spacial score (nSPS) is 16.3. The Morgan fingerprint density at radius 3 is 0.880 bits per heavy atom. The molecule has 0 atom stereocenters. The van der Waals surface area contributed by atoms with Crippen LogP contribution in [0, 0.1) is 0 Å². The number of hydrogen-bond acceptors (Lipinski definition) is 1. The average molecular weight is 418 g/mol. The second-order valence-electron chi connectivity index (χ2n) is 4.23. The van der Waals surface area contributed by atoms with E-state index in [1.165, 1.54) is 0 Å². The highest BCUT2D eigenvalue weighted by Gasteiger charge is 2.96. The van der Waals surface area contributed by atoms with Gasteiger partial charge in [-0.05, 0) is 0 Å². The van der Waals surface area contributed by atoms with Gasteiger partial charge in [0.1, 0.15) is 6.61 Å². The Labute approximate surface area is 125 Å². The van der Waals surface area contributed by atoms with Crippen molar-refractivity contribution in [2.45, 2.75) is 42.2 Å². The van der Waals surface area contributed by atoms with Crippen LogP contribution in [-0.4, -0.2) is 48.8 Å². The second-order valence-corrected chi connectivity index (χ2v) is 4.23. The van der Waals surface area contributed by atoms with Crippen molar-refractivity contribution in [2.24, 2.45) is 0 Å². The third kappa shape index (κ3) is 3.84. The van der Waals surface area contributed by atoms with Crippen LogP contribution >= 0.6 is 0 Å². The zero-order chi connectivity index (χ0) is 20.9. The summed E-state index contributed by atoms with van der Waals surface area (Å²) in [6.07, 6.45) is -38.2. The van der Waals surface area contributed by atoms with Gasteiger partial charge in [-0.25, -0.2) is 4.39 Å². The predicted octanol–water partition coefficient (Wildman–Crippen LogP) is 5.26. The van der Waals surface area contributed by atoms with Crippen molar-refractivity contribution in [1.29, 1.82) is 0 Å². The maximum atomic E-state index is 13.5. The molecule has 1 nitrogen and oxygen atoms in total. The molecule has 152 valence electrons. The molecule has 0 aliphatic carbocycles. The summed E-state index contributed by atoms with van der Waals surface area (Å²) in [6, 6.07) is 0. The molecule has 0 saturated heterocycles. The Bertz CT molecular complexity index is 429. The molecule has 0 heterocycles. The number of alkyl halides is 16. The summed E-state index contributed by atoms with van der Waals surface area (Å²) in [4.78, 5) is 0. The minimum Gasteiger partial charge on any atom is -0.345 e. The van der Waals surface area contributed by atoms with E-state index >= 15 is 0 Å². The van der Waals surface area contributed by atoms with Gasteiger partial charge in [0.05, 0.1) is 0 Å². The molecule has 0 saturated carbocycles. The lowest BCUT2D eigenvalue weighted by Crippen LogP contribution is -2.79. The lowest BCUT2D eigenvalue weighted by molar-refractivity contribution is -0.491. The van der Waals surface area contributed by atoms with E-state index in [2.05, 4.69) is 0 Å². The second kappa shape index (κ2) is 5.94. The van der Waals surface area contributed by atoms with Gasteiger partial charge < -0.3 is 4.74 Å². The predicted molar refractivity (Wildman–Crippen MR) is 42.8 cm³/mol. The summed E-state index contributed by atoms with van der Waals surface area (Å²) in [7, 11) is 0. The molecule has 0 aliphatic heterocycles. The third-order valence-electron chi connectivity index (χ3n) is 2.52. The SMILES string of the molecule is FC(F)(F)COC(C(F)(F)F)(C(F)(F)F)C(F)(C(F)(F)F)C(F)(F)F. The quantitative estimate of drug-likeness (QED) is 0.569. The van der Waals surface area contributed by atoms with Crippen molar-refractivity contribution in [2.75, 3.05) is 6.61 Å². The van der Waals surface area contributed by atoms with Crippen LogP contribution in [-0.2, 0) is 4.74 Å². The molecule has 25 heavy (non-hydrogen) atoms. The van der Waals surface area contributed by atoms with E-state index in [0.29, 0.717) is 0 Å². The van der Waals surface area contributed by atoms with Crippen LogP contribution in [0.15, 0.2) is 0 Å². The van der Waals surface area contributed by atoms with E-state index in [1.54, 1.807) is 0 Å². The van der Waals surface area contributed by atoms with Crippen LogP contribution in [0.2, 0.25) is 0 Å². The topological polar surface area (TPSA) is 9.23 Å². The van der Waals surface area contributed by atoms with Gasteiger partial charge >= 0.3 is 42.2 Å². The van der Waals surface area contributed by atoms with Gasteiger partial charge in [0.15, 0.2) is 0 Å².